The molecule has 2 aromatic carbocycles. The highest BCUT2D eigenvalue weighted by Gasteiger charge is 2.27. The molecular formula is C26H28N4O3. The van der Waals surface area contributed by atoms with Gasteiger partial charge in [0.2, 0.25) is 0 Å². The summed E-state index contributed by atoms with van der Waals surface area (Å²) in [6.07, 6.45) is 2.20. The fourth-order valence-corrected chi connectivity index (χ4v) is 4.58. The number of hydrogen-bond acceptors (Lipinski definition) is 4. The lowest BCUT2D eigenvalue weighted by molar-refractivity contribution is 0.0962. The summed E-state index contributed by atoms with van der Waals surface area (Å²) in [4.78, 5) is 21.7. The summed E-state index contributed by atoms with van der Waals surface area (Å²) >= 11 is 0. The van der Waals surface area contributed by atoms with E-state index in [1.54, 1.807) is 19.2 Å². The normalized spacial score (nSPS) is 15.8. The van der Waals surface area contributed by atoms with Gasteiger partial charge in [-0.15, -0.1) is 0 Å². The van der Waals surface area contributed by atoms with Crippen molar-refractivity contribution >= 4 is 22.8 Å². The zero-order valence-electron chi connectivity index (χ0n) is 19.1. The highest BCUT2D eigenvalue weighted by molar-refractivity contribution is 6.07. The molecule has 1 aliphatic heterocycles. The minimum absolute atomic E-state index is 0.126. The van der Waals surface area contributed by atoms with Crippen molar-refractivity contribution in [3.05, 3.63) is 65.4 Å². The van der Waals surface area contributed by atoms with Gasteiger partial charge < -0.3 is 24.3 Å². The van der Waals surface area contributed by atoms with E-state index in [2.05, 4.69) is 28.7 Å². The summed E-state index contributed by atoms with van der Waals surface area (Å²) in [6.45, 7) is 5.61. The maximum Gasteiger partial charge on any atom is 0.260 e. The fourth-order valence-electron chi connectivity index (χ4n) is 4.58. The minimum atomic E-state index is -0.226. The van der Waals surface area contributed by atoms with E-state index in [-0.39, 0.29) is 12.0 Å². The summed E-state index contributed by atoms with van der Waals surface area (Å²) < 4.78 is 13.5. The Morgan fingerprint density at radius 2 is 2.00 bits per heavy atom. The molecule has 0 spiro atoms. The van der Waals surface area contributed by atoms with Gasteiger partial charge in [-0.05, 0) is 56.5 Å². The number of rotatable bonds is 6. The summed E-state index contributed by atoms with van der Waals surface area (Å²) in [5.74, 6) is 1.76. The van der Waals surface area contributed by atoms with Crippen molar-refractivity contribution in [3.63, 3.8) is 0 Å². The standard InChI is InChI=1S/C26H28N4O3/c1-16-17(2)30(15-18-9-8-14-33-18)25(29-26(31)19-10-4-7-13-22(19)32-3)23(16)24-27-20-11-5-6-12-21(20)28-24/h4-7,10-13,18H,8-9,14-15H2,1-3H3,(H,27,28)(H,29,31)/t18-/m1/s1. The van der Waals surface area contributed by atoms with Crippen LogP contribution in [0, 0.1) is 13.8 Å². The lowest BCUT2D eigenvalue weighted by atomic mass is 10.1. The second kappa shape index (κ2) is 8.75. The summed E-state index contributed by atoms with van der Waals surface area (Å²) in [6, 6.07) is 15.2. The number of hydrogen-bond donors (Lipinski definition) is 2. The molecule has 2 aromatic heterocycles. The van der Waals surface area contributed by atoms with E-state index >= 15 is 0 Å². The van der Waals surface area contributed by atoms with E-state index in [9.17, 15) is 4.79 Å². The number of ether oxygens (including phenoxy) is 2. The number of fused-ring (bicyclic) bond motifs is 1. The number of aromatic nitrogens is 3. The lowest BCUT2D eigenvalue weighted by Crippen LogP contribution is -2.21. The topological polar surface area (TPSA) is 81.2 Å². The smallest absolute Gasteiger partial charge is 0.260 e. The van der Waals surface area contributed by atoms with E-state index in [4.69, 9.17) is 14.5 Å². The molecule has 0 saturated carbocycles. The van der Waals surface area contributed by atoms with Crippen LogP contribution in [-0.2, 0) is 11.3 Å². The predicted molar refractivity (Wildman–Crippen MR) is 129 cm³/mol. The molecule has 33 heavy (non-hydrogen) atoms. The first-order valence-corrected chi connectivity index (χ1v) is 11.3. The van der Waals surface area contributed by atoms with Gasteiger partial charge in [-0.1, -0.05) is 24.3 Å². The van der Waals surface area contributed by atoms with Gasteiger partial charge >= 0.3 is 0 Å². The minimum Gasteiger partial charge on any atom is -0.496 e. The van der Waals surface area contributed by atoms with Gasteiger partial charge in [-0.3, -0.25) is 4.79 Å². The molecule has 0 aliphatic carbocycles. The first-order chi connectivity index (χ1) is 16.1. The number of H-pyrrole nitrogens is 1. The van der Waals surface area contributed by atoms with Gasteiger partial charge in [0.1, 0.15) is 17.4 Å². The maximum atomic E-state index is 13.4. The third-order valence-electron chi connectivity index (χ3n) is 6.45. The molecular weight excluding hydrogens is 416 g/mol. The van der Waals surface area contributed by atoms with Crippen LogP contribution in [-0.4, -0.2) is 40.3 Å². The molecule has 1 aliphatic rings. The van der Waals surface area contributed by atoms with Crippen LogP contribution < -0.4 is 10.1 Å². The number of carbonyl (C=O) groups excluding carboxylic acids is 1. The molecule has 0 unspecified atom stereocenters. The molecule has 3 heterocycles. The number of carbonyl (C=O) groups is 1. The molecule has 0 radical (unpaired) electrons. The van der Waals surface area contributed by atoms with Crippen LogP contribution in [0.4, 0.5) is 5.82 Å². The van der Waals surface area contributed by atoms with E-state index in [1.807, 2.05) is 36.4 Å². The number of nitrogens with one attached hydrogen (secondary N) is 2. The van der Waals surface area contributed by atoms with Crippen LogP contribution in [0.3, 0.4) is 0 Å². The van der Waals surface area contributed by atoms with Crippen LogP contribution >= 0.6 is 0 Å². The number of benzene rings is 2. The van der Waals surface area contributed by atoms with Crippen molar-refractivity contribution in [2.45, 2.75) is 39.3 Å². The van der Waals surface area contributed by atoms with Crippen molar-refractivity contribution in [3.8, 4) is 17.1 Å². The zero-order valence-corrected chi connectivity index (χ0v) is 19.1. The van der Waals surface area contributed by atoms with Crippen molar-refractivity contribution < 1.29 is 14.3 Å². The molecule has 1 fully saturated rings. The maximum absolute atomic E-state index is 13.4. The number of nitrogens with zero attached hydrogens (tertiary/aromatic N) is 2. The Hall–Kier alpha value is -3.58. The van der Waals surface area contributed by atoms with Gasteiger partial charge in [0.05, 0.1) is 41.9 Å². The third kappa shape index (κ3) is 3.89. The molecule has 0 bridgehead atoms. The van der Waals surface area contributed by atoms with Gasteiger partial charge in [-0.25, -0.2) is 4.98 Å². The summed E-state index contributed by atoms with van der Waals surface area (Å²) in [5, 5.41) is 3.18. The first kappa shape index (κ1) is 21.3. The van der Waals surface area contributed by atoms with Crippen LogP contribution in [0.1, 0.15) is 34.5 Å². The largest absolute Gasteiger partial charge is 0.496 e. The summed E-state index contributed by atoms with van der Waals surface area (Å²) in [7, 11) is 1.57. The molecule has 4 aromatic rings. The third-order valence-corrected chi connectivity index (χ3v) is 6.45. The monoisotopic (exact) mass is 444 g/mol. The molecule has 2 N–H and O–H groups in total. The Kier molecular flexibility index (Phi) is 5.64. The number of aromatic amines is 1. The highest BCUT2D eigenvalue weighted by atomic mass is 16.5. The van der Waals surface area contributed by atoms with E-state index < -0.39 is 0 Å². The Morgan fingerprint density at radius 1 is 1.21 bits per heavy atom. The lowest BCUT2D eigenvalue weighted by Gasteiger charge is -2.18. The molecule has 1 amide bonds. The Morgan fingerprint density at radius 3 is 2.76 bits per heavy atom. The van der Waals surface area contributed by atoms with Gasteiger partial charge in [-0.2, -0.15) is 0 Å². The number of amides is 1. The van der Waals surface area contributed by atoms with E-state index in [1.165, 1.54) is 0 Å². The predicted octanol–water partition coefficient (Wildman–Crippen LogP) is 5.09. The first-order valence-electron chi connectivity index (χ1n) is 11.3. The Labute approximate surface area is 192 Å². The molecule has 7 heteroatoms. The Bertz CT molecular complexity index is 1280. The van der Waals surface area contributed by atoms with E-state index in [0.717, 1.165) is 58.9 Å². The molecule has 1 atom stereocenters. The van der Waals surface area contributed by atoms with Crippen LogP contribution in [0.5, 0.6) is 5.75 Å². The van der Waals surface area contributed by atoms with Crippen LogP contribution in [0.25, 0.3) is 22.4 Å². The number of imidazole rings is 1. The number of anilines is 1. The second-order valence-corrected chi connectivity index (χ2v) is 8.44. The van der Waals surface area contributed by atoms with Gasteiger partial charge in [0.15, 0.2) is 0 Å². The Balaban J connectivity index is 1.62. The quantitative estimate of drug-likeness (QED) is 0.434. The number of methoxy groups -OCH3 is 1. The van der Waals surface area contributed by atoms with Gasteiger partial charge in [0.25, 0.3) is 5.91 Å². The van der Waals surface area contributed by atoms with Crippen LogP contribution in [0.15, 0.2) is 48.5 Å². The molecule has 1 saturated heterocycles. The average molecular weight is 445 g/mol. The molecule has 7 nitrogen and oxygen atoms in total. The average Bonchev–Trinajstić information content (AvgIpc) is 3.55. The van der Waals surface area contributed by atoms with Crippen molar-refractivity contribution in [2.75, 3.05) is 19.0 Å². The van der Waals surface area contributed by atoms with Crippen molar-refractivity contribution in [1.82, 2.24) is 14.5 Å². The fraction of sp³-hybridized carbons (Fsp3) is 0.308. The zero-order chi connectivity index (χ0) is 22.9. The summed E-state index contributed by atoms with van der Waals surface area (Å²) in [5.41, 5.74) is 5.37. The molecule has 5 rings (SSSR count). The van der Waals surface area contributed by atoms with Crippen molar-refractivity contribution in [2.24, 2.45) is 0 Å². The van der Waals surface area contributed by atoms with Crippen LogP contribution in [0.2, 0.25) is 0 Å². The molecule has 170 valence electrons. The van der Waals surface area contributed by atoms with Gasteiger partial charge in [0, 0.05) is 12.3 Å². The highest BCUT2D eigenvalue weighted by Crippen LogP contribution is 2.37. The SMILES string of the molecule is COc1ccccc1C(=O)Nc1c(-c2nc3ccccc3[nH]2)c(C)c(C)n1C[C@H]1CCCO1. The van der Waals surface area contributed by atoms with E-state index in [0.29, 0.717) is 17.9 Å². The second-order valence-electron chi connectivity index (χ2n) is 8.44. The van der Waals surface area contributed by atoms with Crippen molar-refractivity contribution in [1.29, 1.82) is 0 Å². The number of para-hydroxylation sites is 3.